The van der Waals surface area contributed by atoms with E-state index >= 15 is 0 Å². The predicted molar refractivity (Wildman–Crippen MR) is 126 cm³/mol. The molecule has 30 heavy (non-hydrogen) atoms. The molecule has 0 fully saturated rings. The Bertz CT molecular complexity index is 1460. The molecule has 0 spiro atoms. The van der Waals surface area contributed by atoms with Crippen molar-refractivity contribution in [3.8, 4) is 17.0 Å². The van der Waals surface area contributed by atoms with E-state index in [0.29, 0.717) is 0 Å². The van der Waals surface area contributed by atoms with Crippen LogP contribution in [0.25, 0.3) is 42.3 Å². The van der Waals surface area contributed by atoms with Gasteiger partial charge in [-0.15, -0.1) is 11.3 Å². The fourth-order valence-corrected chi connectivity index (χ4v) is 5.66. The van der Waals surface area contributed by atoms with Crippen LogP contribution in [0.3, 0.4) is 0 Å². The van der Waals surface area contributed by atoms with Crippen LogP contribution in [0.5, 0.6) is 5.75 Å². The zero-order valence-electron chi connectivity index (χ0n) is 17.3. The van der Waals surface area contributed by atoms with Crippen molar-refractivity contribution in [3.63, 3.8) is 0 Å². The molecule has 0 saturated heterocycles. The highest BCUT2D eigenvalue weighted by atomic mass is 32.1. The van der Waals surface area contributed by atoms with Gasteiger partial charge in [-0.3, -0.25) is 0 Å². The normalized spacial score (nSPS) is 13.8. The first kappa shape index (κ1) is 17.8. The van der Waals surface area contributed by atoms with Crippen LogP contribution in [0.2, 0.25) is 0 Å². The zero-order valence-corrected chi connectivity index (χ0v) is 18.1. The van der Waals surface area contributed by atoms with Crippen molar-refractivity contribution in [1.82, 2.24) is 9.97 Å². The van der Waals surface area contributed by atoms with Gasteiger partial charge in [0.2, 0.25) is 0 Å². The molecule has 4 heteroatoms. The Morgan fingerprint density at radius 2 is 1.83 bits per heavy atom. The fraction of sp³-hybridized carbons (Fsp3) is 0.231. The second-order valence-electron chi connectivity index (χ2n) is 9.02. The molecule has 0 radical (unpaired) electrons. The quantitative estimate of drug-likeness (QED) is 0.301. The second kappa shape index (κ2) is 6.26. The van der Waals surface area contributed by atoms with Crippen LogP contribution in [0.1, 0.15) is 31.9 Å². The van der Waals surface area contributed by atoms with Gasteiger partial charge < -0.3 is 4.74 Å². The van der Waals surface area contributed by atoms with E-state index in [2.05, 4.69) is 74.3 Å². The van der Waals surface area contributed by atoms with Crippen molar-refractivity contribution in [2.45, 2.75) is 32.6 Å². The highest BCUT2D eigenvalue weighted by Crippen LogP contribution is 2.46. The third-order valence-corrected chi connectivity index (χ3v) is 7.09. The van der Waals surface area contributed by atoms with Crippen molar-refractivity contribution in [3.05, 3.63) is 66.0 Å². The lowest BCUT2D eigenvalue weighted by Crippen LogP contribution is -2.12. The van der Waals surface area contributed by atoms with Gasteiger partial charge in [-0.25, -0.2) is 9.97 Å². The van der Waals surface area contributed by atoms with Gasteiger partial charge in [0, 0.05) is 27.5 Å². The zero-order chi connectivity index (χ0) is 20.5. The maximum absolute atomic E-state index is 6.07. The Hall–Kier alpha value is -2.98. The minimum atomic E-state index is 0.0306. The van der Waals surface area contributed by atoms with Crippen LogP contribution in [-0.2, 0) is 11.8 Å². The third kappa shape index (κ3) is 2.56. The van der Waals surface area contributed by atoms with Crippen molar-refractivity contribution >= 4 is 42.4 Å². The number of ether oxygens (including phenoxy) is 1. The molecule has 0 aliphatic carbocycles. The van der Waals surface area contributed by atoms with E-state index < -0.39 is 0 Å². The minimum Gasteiger partial charge on any atom is -0.492 e. The molecule has 0 unspecified atom stereocenters. The Labute approximate surface area is 179 Å². The summed E-state index contributed by atoms with van der Waals surface area (Å²) in [5.41, 5.74) is 4.78. The number of aromatic nitrogens is 2. The smallest absolute Gasteiger partial charge is 0.132 e. The molecule has 1 aliphatic rings. The van der Waals surface area contributed by atoms with E-state index in [4.69, 9.17) is 9.72 Å². The summed E-state index contributed by atoms with van der Waals surface area (Å²) in [5, 5.41) is 4.84. The molecule has 6 rings (SSSR count). The summed E-state index contributed by atoms with van der Waals surface area (Å²) in [5.74, 6) is 1.02. The highest BCUT2D eigenvalue weighted by Gasteiger charge is 2.24. The van der Waals surface area contributed by atoms with Gasteiger partial charge in [-0.1, -0.05) is 51.1 Å². The molecule has 1 aliphatic heterocycles. The molecule has 0 saturated carbocycles. The molecule has 148 valence electrons. The molecular formula is C26H22N2OS. The monoisotopic (exact) mass is 410 g/mol. The first-order chi connectivity index (χ1) is 14.5. The SMILES string of the molecule is CC(C)(C)c1cc(-c2ncnc3sc4ccc5c(c4c23)OCC5)cc2ccccc12. The molecule has 2 aromatic heterocycles. The summed E-state index contributed by atoms with van der Waals surface area (Å²) in [7, 11) is 0. The third-order valence-electron chi connectivity index (χ3n) is 6.03. The summed E-state index contributed by atoms with van der Waals surface area (Å²) in [6.45, 7) is 7.57. The molecule has 5 aromatic rings. The first-order valence-corrected chi connectivity index (χ1v) is 11.2. The number of hydrogen-bond acceptors (Lipinski definition) is 4. The lowest BCUT2D eigenvalue weighted by atomic mass is 9.82. The van der Waals surface area contributed by atoms with Gasteiger partial charge in [-0.2, -0.15) is 0 Å². The van der Waals surface area contributed by atoms with Gasteiger partial charge in [-0.05, 0) is 45.5 Å². The summed E-state index contributed by atoms with van der Waals surface area (Å²) >= 11 is 1.72. The summed E-state index contributed by atoms with van der Waals surface area (Å²) in [6, 6.07) is 17.6. The van der Waals surface area contributed by atoms with E-state index in [0.717, 1.165) is 40.3 Å². The molecule has 3 heterocycles. The molecular weight excluding hydrogens is 388 g/mol. The van der Waals surface area contributed by atoms with E-state index in [1.54, 1.807) is 17.7 Å². The van der Waals surface area contributed by atoms with Gasteiger partial charge in [0.25, 0.3) is 0 Å². The first-order valence-electron chi connectivity index (χ1n) is 10.4. The minimum absolute atomic E-state index is 0.0306. The molecule has 0 atom stereocenters. The van der Waals surface area contributed by atoms with E-state index in [1.165, 1.54) is 32.0 Å². The van der Waals surface area contributed by atoms with Crippen LogP contribution in [-0.4, -0.2) is 16.6 Å². The number of rotatable bonds is 1. The number of fused-ring (bicyclic) bond motifs is 6. The summed E-state index contributed by atoms with van der Waals surface area (Å²) in [4.78, 5) is 10.4. The Balaban J connectivity index is 1.73. The summed E-state index contributed by atoms with van der Waals surface area (Å²) in [6.07, 6.45) is 2.66. The average molecular weight is 411 g/mol. The molecule has 0 N–H and O–H groups in total. The maximum Gasteiger partial charge on any atom is 0.132 e. The Morgan fingerprint density at radius 1 is 0.967 bits per heavy atom. The van der Waals surface area contributed by atoms with Crippen molar-refractivity contribution in [1.29, 1.82) is 0 Å². The molecule has 3 aromatic carbocycles. The van der Waals surface area contributed by atoms with Crippen LogP contribution >= 0.6 is 11.3 Å². The van der Waals surface area contributed by atoms with Crippen LogP contribution in [0, 0.1) is 0 Å². The number of nitrogens with zero attached hydrogens (tertiary/aromatic N) is 2. The topological polar surface area (TPSA) is 35.0 Å². The van der Waals surface area contributed by atoms with Crippen molar-refractivity contribution in [2.75, 3.05) is 6.61 Å². The lowest BCUT2D eigenvalue weighted by Gasteiger charge is -2.23. The number of hydrogen-bond donors (Lipinski definition) is 0. The predicted octanol–water partition coefficient (Wildman–Crippen LogP) is 6.90. The van der Waals surface area contributed by atoms with Gasteiger partial charge in [0.1, 0.15) is 16.9 Å². The molecule has 3 nitrogen and oxygen atoms in total. The van der Waals surface area contributed by atoms with Gasteiger partial charge in [0.05, 0.1) is 12.3 Å². The largest absolute Gasteiger partial charge is 0.492 e. The van der Waals surface area contributed by atoms with E-state index in [9.17, 15) is 0 Å². The van der Waals surface area contributed by atoms with E-state index in [1.807, 2.05) is 0 Å². The van der Waals surface area contributed by atoms with Crippen LogP contribution in [0.15, 0.2) is 54.9 Å². The van der Waals surface area contributed by atoms with Gasteiger partial charge >= 0.3 is 0 Å². The van der Waals surface area contributed by atoms with Crippen molar-refractivity contribution in [2.24, 2.45) is 0 Å². The maximum atomic E-state index is 6.07. The Kier molecular flexibility index (Phi) is 3.72. The Morgan fingerprint density at radius 3 is 2.70 bits per heavy atom. The standard InChI is InChI=1S/C26H22N2OS/c1-26(2,3)19-13-17(12-16-6-4-5-7-18(16)19)23-22-21-20(30-25(22)28-14-27-23)9-8-15-10-11-29-24(15)21/h4-9,12-14H,10-11H2,1-3H3. The van der Waals surface area contributed by atoms with Crippen molar-refractivity contribution < 1.29 is 4.74 Å². The number of benzene rings is 3. The van der Waals surface area contributed by atoms with Crippen LogP contribution in [0.4, 0.5) is 0 Å². The lowest BCUT2D eigenvalue weighted by molar-refractivity contribution is 0.360. The molecule has 0 amide bonds. The fourth-order valence-electron chi connectivity index (χ4n) is 4.62. The van der Waals surface area contributed by atoms with E-state index in [-0.39, 0.29) is 5.41 Å². The average Bonchev–Trinajstić information content (AvgIpc) is 3.35. The highest BCUT2D eigenvalue weighted by molar-refractivity contribution is 7.25. The molecule has 0 bridgehead atoms. The van der Waals surface area contributed by atoms with Gasteiger partial charge in [0.15, 0.2) is 0 Å². The summed E-state index contributed by atoms with van der Waals surface area (Å²) < 4.78 is 7.28. The van der Waals surface area contributed by atoms with Crippen LogP contribution < -0.4 is 4.74 Å². The second-order valence-corrected chi connectivity index (χ2v) is 10.1. The number of thiophene rings is 1.